The molecule has 20 heavy (non-hydrogen) atoms. The number of benzene rings is 2. The molecular weight excluding hydrogens is 270 g/mol. The zero-order valence-corrected chi connectivity index (χ0v) is 11.5. The van der Waals surface area contributed by atoms with E-state index < -0.39 is 0 Å². The van der Waals surface area contributed by atoms with Crippen molar-refractivity contribution < 1.29 is 4.74 Å². The monoisotopic (exact) mass is 281 g/mol. The topological polar surface area (TPSA) is 33.0 Å². The number of allylic oxidation sites excluding steroid dienone is 1. The Labute approximate surface area is 122 Å². The largest absolute Gasteiger partial charge is 0.488 e. The summed E-state index contributed by atoms with van der Waals surface area (Å²) >= 11 is 5.87. The number of hydrogen-bond donors (Lipinski definition) is 0. The van der Waals surface area contributed by atoms with E-state index in [4.69, 9.17) is 21.6 Å². The van der Waals surface area contributed by atoms with Crippen molar-refractivity contribution in [1.29, 1.82) is 5.26 Å². The molecule has 0 spiro atoms. The lowest BCUT2D eigenvalue weighted by atomic mass is 9.94. The molecule has 1 aliphatic rings. The first kappa shape index (κ1) is 12.8. The first-order valence-corrected chi connectivity index (χ1v) is 6.87. The predicted molar refractivity (Wildman–Crippen MR) is 79.5 cm³/mol. The van der Waals surface area contributed by atoms with E-state index in [0.29, 0.717) is 12.5 Å². The molecule has 98 valence electrons. The molecule has 0 amide bonds. The Kier molecular flexibility index (Phi) is 3.45. The van der Waals surface area contributed by atoms with Gasteiger partial charge in [-0.05, 0) is 22.8 Å². The van der Waals surface area contributed by atoms with Crippen LogP contribution in [0.15, 0.2) is 48.5 Å². The molecular formula is C17H12ClNO. The van der Waals surface area contributed by atoms with Gasteiger partial charge in [0.1, 0.15) is 12.4 Å². The van der Waals surface area contributed by atoms with Crippen LogP contribution in [0.4, 0.5) is 0 Å². The molecule has 2 nitrogen and oxygen atoms in total. The smallest absolute Gasteiger partial charge is 0.127 e. The van der Waals surface area contributed by atoms with Crippen LogP contribution < -0.4 is 4.74 Å². The number of alkyl halides is 1. The molecule has 0 saturated heterocycles. The maximum atomic E-state index is 9.07. The first-order chi connectivity index (χ1) is 9.83. The molecule has 0 atom stereocenters. The van der Waals surface area contributed by atoms with Crippen molar-refractivity contribution in [3.05, 3.63) is 70.8 Å². The number of fused-ring (bicyclic) bond motifs is 2. The summed E-state index contributed by atoms with van der Waals surface area (Å²) in [5, 5.41) is 9.07. The third kappa shape index (κ3) is 2.17. The second kappa shape index (κ2) is 5.40. The zero-order valence-electron chi connectivity index (χ0n) is 10.8. The quantitative estimate of drug-likeness (QED) is 0.577. The summed E-state index contributed by atoms with van der Waals surface area (Å²) in [4.78, 5) is 0. The van der Waals surface area contributed by atoms with E-state index in [2.05, 4.69) is 6.07 Å². The second-order valence-electron chi connectivity index (χ2n) is 4.60. The zero-order chi connectivity index (χ0) is 13.9. The lowest BCUT2D eigenvalue weighted by molar-refractivity contribution is 0.307. The highest BCUT2D eigenvalue weighted by Crippen LogP contribution is 2.37. The maximum absolute atomic E-state index is 9.07. The van der Waals surface area contributed by atoms with Gasteiger partial charge in [0.05, 0.1) is 6.07 Å². The molecule has 0 saturated carbocycles. The van der Waals surface area contributed by atoms with Gasteiger partial charge >= 0.3 is 0 Å². The Bertz CT molecular complexity index is 728. The summed E-state index contributed by atoms with van der Waals surface area (Å²) in [6.07, 6.45) is 1.58. The highest BCUT2D eigenvalue weighted by atomic mass is 35.5. The van der Waals surface area contributed by atoms with Crippen molar-refractivity contribution in [3.8, 4) is 11.8 Å². The number of halogens is 1. The summed E-state index contributed by atoms with van der Waals surface area (Å²) in [5.41, 5.74) is 4.97. The number of ether oxygens (including phenoxy) is 1. The Morgan fingerprint density at radius 3 is 2.85 bits per heavy atom. The van der Waals surface area contributed by atoms with Gasteiger partial charge in [0.15, 0.2) is 0 Å². The van der Waals surface area contributed by atoms with Crippen LogP contribution >= 0.6 is 11.6 Å². The Hall–Kier alpha value is -2.24. The van der Waals surface area contributed by atoms with Crippen LogP contribution in [0.2, 0.25) is 0 Å². The van der Waals surface area contributed by atoms with Gasteiger partial charge in [0, 0.05) is 23.1 Å². The van der Waals surface area contributed by atoms with Gasteiger partial charge in [0.2, 0.25) is 0 Å². The van der Waals surface area contributed by atoms with E-state index in [9.17, 15) is 0 Å². The lowest BCUT2D eigenvalue weighted by Gasteiger charge is -2.10. The number of hydrogen-bond acceptors (Lipinski definition) is 2. The fourth-order valence-electron chi connectivity index (χ4n) is 2.42. The van der Waals surface area contributed by atoms with Crippen LogP contribution in [0.3, 0.4) is 0 Å². The highest BCUT2D eigenvalue weighted by molar-refractivity contribution is 6.17. The van der Waals surface area contributed by atoms with Crippen LogP contribution in [0, 0.1) is 11.3 Å². The van der Waals surface area contributed by atoms with Crippen molar-refractivity contribution in [2.45, 2.75) is 12.5 Å². The summed E-state index contributed by atoms with van der Waals surface area (Å²) in [6.45, 7) is 0.498. The van der Waals surface area contributed by atoms with Crippen LogP contribution in [-0.2, 0) is 12.5 Å². The molecule has 0 unspecified atom stereocenters. The van der Waals surface area contributed by atoms with E-state index in [-0.39, 0.29) is 0 Å². The third-order valence-electron chi connectivity index (χ3n) is 3.39. The molecule has 3 heteroatoms. The van der Waals surface area contributed by atoms with Gasteiger partial charge in [-0.15, -0.1) is 11.6 Å². The Morgan fingerprint density at radius 1 is 1.20 bits per heavy atom. The molecule has 2 aromatic carbocycles. The minimum atomic E-state index is 0.445. The molecule has 2 aromatic rings. The van der Waals surface area contributed by atoms with Gasteiger partial charge in [-0.25, -0.2) is 0 Å². The normalized spacial score (nSPS) is 14.7. The van der Waals surface area contributed by atoms with Gasteiger partial charge in [-0.1, -0.05) is 36.4 Å². The van der Waals surface area contributed by atoms with Crippen molar-refractivity contribution >= 4 is 17.2 Å². The van der Waals surface area contributed by atoms with Crippen molar-refractivity contribution in [1.82, 2.24) is 0 Å². The van der Waals surface area contributed by atoms with Crippen LogP contribution in [0.25, 0.3) is 5.57 Å². The highest BCUT2D eigenvalue weighted by Gasteiger charge is 2.19. The molecule has 0 radical (unpaired) electrons. The summed E-state index contributed by atoms with van der Waals surface area (Å²) in [5.74, 6) is 1.22. The molecule has 0 bridgehead atoms. The second-order valence-corrected chi connectivity index (χ2v) is 4.86. The molecule has 0 aromatic heterocycles. The molecule has 1 heterocycles. The molecule has 1 aliphatic heterocycles. The van der Waals surface area contributed by atoms with E-state index in [1.54, 1.807) is 6.08 Å². The van der Waals surface area contributed by atoms with Gasteiger partial charge in [-0.2, -0.15) is 5.26 Å². The fourth-order valence-corrected chi connectivity index (χ4v) is 2.59. The summed E-state index contributed by atoms with van der Waals surface area (Å²) in [6, 6.07) is 16.0. The van der Waals surface area contributed by atoms with E-state index in [1.807, 2.05) is 42.5 Å². The van der Waals surface area contributed by atoms with Crippen LogP contribution in [0.1, 0.15) is 22.3 Å². The van der Waals surface area contributed by atoms with Gasteiger partial charge < -0.3 is 4.74 Å². The number of nitrogens with zero attached hydrogens (tertiary/aromatic N) is 1. The number of nitriles is 1. The van der Waals surface area contributed by atoms with E-state index in [0.717, 1.165) is 33.6 Å². The molecule has 0 N–H and O–H groups in total. The van der Waals surface area contributed by atoms with Crippen molar-refractivity contribution in [3.63, 3.8) is 0 Å². The third-order valence-corrected chi connectivity index (χ3v) is 3.70. The summed E-state index contributed by atoms with van der Waals surface area (Å²) in [7, 11) is 0. The Morgan fingerprint density at radius 2 is 2.05 bits per heavy atom. The SMILES string of the molecule is N#CC=C1c2ccccc2COc2cc(CCl)ccc21. The first-order valence-electron chi connectivity index (χ1n) is 6.33. The van der Waals surface area contributed by atoms with E-state index in [1.165, 1.54) is 0 Å². The standard InChI is InChI=1S/C17H12ClNO/c18-10-12-5-6-16-15(7-8-19)14-4-2-1-3-13(14)11-20-17(16)9-12/h1-7,9H,10-11H2. The predicted octanol–water partition coefficient (Wildman–Crippen LogP) is 4.27. The average Bonchev–Trinajstić information content (AvgIpc) is 2.65. The maximum Gasteiger partial charge on any atom is 0.127 e. The Balaban J connectivity index is 2.23. The van der Waals surface area contributed by atoms with Crippen LogP contribution in [-0.4, -0.2) is 0 Å². The van der Waals surface area contributed by atoms with Gasteiger partial charge in [-0.3, -0.25) is 0 Å². The fraction of sp³-hybridized carbons (Fsp3) is 0.118. The average molecular weight is 282 g/mol. The van der Waals surface area contributed by atoms with Gasteiger partial charge in [0.25, 0.3) is 0 Å². The number of rotatable bonds is 1. The van der Waals surface area contributed by atoms with E-state index >= 15 is 0 Å². The molecule has 3 rings (SSSR count). The minimum Gasteiger partial charge on any atom is -0.488 e. The minimum absolute atomic E-state index is 0.445. The van der Waals surface area contributed by atoms with Crippen molar-refractivity contribution in [2.75, 3.05) is 0 Å². The van der Waals surface area contributed by atoms with Crippen LogP contribution in [0.5, 0.6) is 5.75 Å². The molecule has 0 fully saturated rings. The summed E-state index contributed by atoms with van der Waals surface area (Å²) < 4.78 is 5.89. The molecule has 0 aliphatic carbocycles. The van der Waals surface area contributed by atoms with Crippen molar-refractivity contribution in [2.24, 2.45) is 0 Å². The lowest BCUT2D eigenvalue weighted by Crippen LogP contribution is -1.95.